The van der Waals surface area contributed by atoms with Gasteiger partial charge in [-0.2, -0.15) is 0 Å². The summed E-state index contributed by atoms with van der Waals surface area (Å²) < 4.78 is 21.6. The van der Waals surface area contributed by atoms with Crippen LogP contribution >= 0.6 is 0 Å². The maximum absolute atomic E-state index is 11.3. The summed E-state index contributed by atoms with van der Waals surface area (Å²) >= 11 is 0. The van der Waals surface area contributed by atoms with Gasteiger partial charge in [-0.25, -0.2) is 0 Å². The Morgan fingerprint density at radius 3 is 0.783 bits per heavy atom. The van der Waals surface area contributed by atoms with E-state index < -0.39 is 49.4 Å². The molecule has 0 aliphatic heterocycles. The molecular weight excluding hydrogens is 617 g/mol. The number of hydrogen-bond acceptors (Lipinski definition) is 4. The topological polar surface area (TPSA) is 47.9 Å². The molecule has 0 heterocycles. The Morgan fingerprint density at radius 1 is 0.348 bits per heavy atom. The van der Waals surface area contributed by atoms with Crippen LogP contribution in [-0.4, -0.2) is 54.5 Å². The first-order valence-corrected chi connectivity index (χ1v) is 24.3. The molecule has 0 saturated carbocycles. The molecule has 1 aliphatic rings. The lowest BCUT2D eigenvalue weighted by Gasteiger charge is -2.47. The zero-order valence-corrected chi connectivity index (χ0v) is 35.7. The summed E-state index contributed by atoms with van der Waals surface area (Å²) in [6, 6.07) is 0. The maximum atomic E-state index is 11.3. The smallest absolute Gasteiger partial charge is 0.202 e. The van der Waals surface area contributed by atoms with Gasteiger partial charge in [-0.1, -0.05) is 148 Å². The largest absolute Gasteiger partial charge is 0.399 e. The predicted octanol–water partition coefficient (Wildman–Crippen LogP) is 10.1. The van der Waals surface area contributed by atoms with E-state index in [-0.39, 0.29) is 0 Å². The summed E-state index contributed by atoms with van der Waals surface area (Å²) in [5.74, 6) is 25.2. The average Bonchev–Trinajstić information content (AvgIpc) is 2.91. The number of rotatable bonds is 15. The normalized spacial score (nSPS) is 21.2. The third kappa shape index (κ3) is 9.24. The van der Waals surface area contributed by atoms with E-state index in [0.717, 1.165) is 0 Å². The molecule has 260 valence electrons. The summed E-state index contributed by atoms with van der Waals surface area (Å²) in [4.78, 5) is 0. The van der Waals surface area contributed by atoms with E-state index in [1.165, 1.54) is 0 Å². The van der Waals surface area contributed by atoms with Crippen LogP contribution < -0.4 is 0 Å². The molecule has 0 unspecified atom stereocenters. The predicted molar refractivity (Wildman–Crippen MR) is 205 cm³/mol. The molecular formula is C39H68O4Si3. The van der Waals surface area contributed by atoms with Gasteiger partial charge in [-0.15, -0.1) is 0 Å². The summed E-state index contributed by atoms with van der Waals surface area (Å²) in [7, 11) is -7.10. The van der Waals surface area contributed by atoms with Gasteiger partial charge in [-0.3, -0.25) is 0 Å². The average molecular weight is 685 g/mol. The van der Waals surface area contributed by atoms with E-state index in [1.54, 1.807) is 0 Å². The van der Waals surface area contributed by atoms with Gasteiger partial charge < -0.3 is 18.4 Å². The molecule has 46 heavy (non-hydrogen) atoms. The summed E-state index contributed by atoms with van der Waals surface area (Å²) in [5, 5.41) is 11.3. The van der Waals surface area contributed by atoms with Crippen molar-refractivity contribution in [3.63, 3.8) is 0 Å². The minimum absolute atomic E-state index is 0.339. The van der Waals surface area contributed by atoms with Crippen LogP contribution in [0.5, 0.6) is 0 Å². The molecule has 0 aromatic heterocycles. The van der Waals surface area contributed by atoms with E-state index in [1.807, 2.05) is 0 Å². The summed E-state index contributed by atoms with van der Waals surface area (Å²) in [6.07, 6.45) is -3.04. The highest BCUT2D eigenvalue weighted by Crippen LogP contribution is 2.46. The van der Waals surface area contributed by atoms with Crippen molar-refractivity contribution in [2.24, 2.45) is 0 Å². The third-order valence-electron chi connectivity index (χ3n) is 10.7. The summed E-state index contributed by atoms with van der Waals surface area (Å²) in [5.41, 5.74) is 3.21. The molecule has 7 heteroatoms. The van der Waals surface area contributed by atoms with E-state index in [9.17, 15) is 5.11 Å². The first-order chi connectivity index (χ1) is 21.2. The molecule has 0 saturated heterocycles. The Balaban J connectivity index is 4.01. The van der Waals surface area contributed by atoms with Gasteiger partial charge in [0, 0.05) is 0 Å². The van der Waals surface area contributed by atoms with Gasteiger partial charge in [0.2, 0.25) is 25.0 Å². The highest BCUT2D eigenvalue weighted by atomic mass is 28.4. The van der Waals surface area contributed by atoms with Crippen molar-refractivity contribution in [1.82, 2.24) is 0 Å². The molecule has 1 rings (SSSR count). The van der Waals surface area contributed by atoms with E-state index in [0.29, 0.717) is 49.9 Å². The number of aliphatic hydroxyl groups is 1. The molecule has 0 fully saturated rings. The Kier molecular flexibility index (Phi) is 16.7. The second-order valence-corrected chi connectivity index (χ2v) is 32.3. The van der Waals surface area contributed by atoms with Crippen LogP contribution in [0.1, 0.15) is 125 Å². The third-order valence-corrected chi connectivity index (χ3v) is 28.9. The lowest BCUT2D eigenvalue weighted by Crippen LogP contribution is -2.56. The van der Waals surface area contributed by atoms with Crippen molar-refractivity contribution in [3.8, 4) is 47.4 Å². The van der Waals surface area contributed by atoms with Crippen molar-refractivity contribution in [2.75, 3.05) is 0 Å². The monoisotopic (exact) mass is 684 g/mol. The zero-order chi connectivity index (χ0) is 35.8. The van der Waals surface area contributed by atoms with Crippen molar-refractivity contribution < 1.29 is 18.4 Å². The Morgan fingerprint density at radius 2 is 0.543 bits per heavy atom. The fourth-order valence-electron chi connectivity index (χ4n) is 8.90. The van der Waals surface area contributed by atoms with Crippen LogP contribution in [0.4, 0.5) is 0 Å². The van der Waals surface area contributed by atoms with E-state index >= 15 is 0 Å². The molecule has 0 spiro atoms. The molecule has 1 aliphatic carbocycles. The first kappa shape index (κ1) is 42.8. The molecule has 4 nitrogen and oxygen atoms in total. The van der Waals surface area contributed by atoms with Crippen LogP contribution in [0.3, 0.4) is 0 Å². The van der Waals surface area contributed by atoms with Crippen molar-refractivity contribution in [1.29, 1.82) is 0 Å². The molecule has 1 N–H and O–H groups in total. The van der Waals surface area contributed by atoms with Crippen LogP contribution in [-0.2, 0) is 13.3 Å². The van der Waals surface area contributed by atoms with Gasteiger partial charge >= 0.3 is 0 Å². The van der Waals surface area contributed by atoms with Gasteiger partial charge in [0.25, 0.3) is 0 Å². The van der Waals surface area contributed by atoms with Crippen LogP contribution in [0.15, 0.2) is 0 Å². The molecule has 0 bridgehead atoms. The van der Waals surface area contributed by atoms with Crippen molar-refractivity contribution >= 4 is 25.0 Å². The standard InChI is InChI=1S/C39H68O4Si3/c1-27(2)44(28(3)4,29(5)6)41-37-24-21-22-26-39(43-46(33(13)14,34(15)16)35(17)18)38(25-20-19-23-36(37)40)42-45(30(7)8,31(9)10)32(11)12/h27-40H,1-18H3/t36-,37-,38-,39-/m0/s1. The van der Waals surface area contributed by atoms with Gasteiger partial charge in [0.15, 0.2) is 6.10 Å². The highest BCUT2D eigenvalue weighted by molar-refractivity contribution is 6.78. The lowest BCUT2D eigenvalue weighted by atomic mass is 10.2. The second-order valence-electron chi connectivity index (χ2n) is 16.1. The number of aliphatic hydroxyl groups excluding tert-OH is 1. The second kappa shape index (κ2) is 17.9. The van der Waals surface area contributed by atoms with Crippen molar-refractivity contribution in [2.45, 2.75) is 199 Å². The molecule has 0 aromatic rings. The highest BCUT2D eigenvalue weighted by Gasteiger charge is 2.51. The maximum Gasteiger partial charge on any atom is 0.202 e. The Bertz CT molecular complexity index is 1150. The molecule has 4 atom stereocenters. The van der Waals surface area contributed by atoms with Gasteiger partial charge in [0.05, 0.1) is 0 Å². The zero-order valence-electron chi connectivity index (χ0n) is 32.7. The minimum atomic E-state index is -2.38. The van der Waals surface area contributed by atoms with Crippen LogP contribution in [0, 0.1) is 47.4 Å². The fraction of sp³-hybridized carbons (Fsp3) is 0.795. The van der Waals surface area contributed by atoms with E-state index in [4.69, 9.17) is 13.3 Å². The molecule has 0 aromatic carbocycles. The van der Waals surface area contributed by atoms with Crippen LogP contribution in [0.25, 0.3) is 0 Å². The van der Waals surface area contributed by atoms with Gasteiger partial charge in [0.1, 0.15) is 18.3 Å². The Hall–Kier alpha value is -1.27. The molecule has 0 amide bonds. The quantitative estimate of drug-likeness (QED) is 0.138. The fourth-order valence-corrected chi connectivity index (χ4v) is 25.2. The summed E-state index contributed by atoms with van der Waals surface area (Å²) in [6.45, 7) is 40.8. The van der Waals surface area contributed by atoms with Crippen LogP contribution in [0.2, 0.25) is 49.9 Å². The van der Waals surface area contributed by atoms with Crippen molar-refractivity contribution in [3.05, 3.63) is 0 Å². The Labute approximate surface area is 288 Å². The van der Waals surface area contributed by atoms with Gasteiger partial charge in [-0.05, 0) is 73.6 Å². The number of hydrogen-bond donors (Lipinski definition) is 1. The SMILES string of the molecule is CC(C)[Si](O[C@H]1C#CC#C[C@H](O[Si](C(C)C)(C(C)C)C(C)C)[C@@H](O)C#CC#C[C@@H]1O[Si](C(C)C)(C(C)C)C(C)C)(C(C)C)C(C)C. The minimum Gasteiger partial charge on any atom is -0.399 e. The lowest BCUT2D eigenvalue weighted by molar-refractivity contribution is 0.0961. The molecule has 0 radical (unpaired) electrons. The van der Waals surface area contributed by atoms with E-state index in [2.05, 4.69) is 172 Å². The first-order valence-electron chi connectivity index (χ1n) is 17.9.